The van der Waals surface area contributed by atoms with Gasteiger partial charge in [0.25, 0.3) is 5.69 Å². The lowest BCUT2D eigenvalue weighted by atomic mass is 10.0. The van der Waals surface area contributed by atoms with Crippen LogP contribution in [0.1, 0.15) is 0 Å². The minimum absolute atomic E-state index is 0.0829. The second-order valence-electron chi connectivity index (χ2n) is 3.87. The van der Waals surface area contributed by atoms with E-state index in [4.69, 9.17) is 9.47 Å². The maximum atomic E-state index is 10.6. The third-order valence-corrected chi connectivity index (χ3v) is 2.78. The van der Waals surface area contributed by atoms with Crippen molar-refractivity contribution in [1.82, 2.24) is 0 Å². The van der Waals surface area contributed by atoms with Gasteiger partial charge in [-0.25, -0.2) is 0 Å². The van der Waals surface area contributed by atoms with Crippen molar-refractivity contribution >= 4 is 5.69 Å². The Kier molecular flexibility index (Phi) is 2.37. The van der Waals surface area contributed by atoms with Gasteiger partial charge < -0.3 is 9.47 Å². The Balaban J connectivity index is 1.97. The molecule has 0 N–H and O–H groups in total. The van der Waals surface area contributed by atoms with Gasteiger partial charge in [0.05, 0.1) is 4.92 Å². The summed E-state index contributed by atoms with van der Waals surface area (Å²) in [7, 11) is 0. The Morgan fingerprint density at radius 2 is 1.61 bits per heavy atom. The van der Waals surface area contributed by atoms with Gasteiger partial charge in [0.15, 0.2) is 11.5 Å². The van der Waals surface area contributed by atoms with Gasteiger partial charge >= 0.3 is 0 Å². The first-order chi connectivity index (χ1) is 8.74. The monoisotopic (exact) mass is 243 g/mol. The van der Waals surface area contributed by atoms with Gasteiger partial charge in [0.2, 0.25) is 6.79 Å². The number of rotatable bonds is 2. The number of nitro benzene ring substituents is 1. The number of non-ortho nitro benzene ring substituents is 1. The summed E-state index contributed by atoms with van der Waals surface area (Å²) in [6.45, 7) is 0.235. The fourth-order valence-corrected chi connectivity index (χ4v) is 1.85. The van der Waals surface area contributed by atoms with Crippen molar-refractivity contribution in [1.29, 1.82) is 0 Å². The van der Waals surface area contributed by atoms with Crippen LogP contribution in [-0.2, 0) is 0 Å². The van der Waals surface area contributed by atoms with Gasteiger partial charge in [-0.3, -0.25) is 10.1 Å². The fraction of sp³-hybridized carbons (Fsp3) is 0.0769. The van der Waals surface area contributed by atoms with E-state index >= 15 is 0 Å². The third-order valence-electron chi connectivity index (χ3n) is 2.78. The summed E-state index contributed by atoms with van der Waals surface area (Å²) in [4.78, 5) is 10.2. The van der Waals surface area contributed by atoms with Crippen molar-refractivity contribution in [3.05, 3.63) is 52.6 Å². The summed E-state index contributed by atoms with van der Waals surface area (Å²) in [5.74, 6) is 1.42. The van der Waals surface area contributed by atoms with Crippen LogP contribution < -0.4 is 9.47 Å². The van der Waals surface area contributed by atoms with Gasteiger partial charge in [-0.05, 0) is 35.4 Å². The Morgan fingerprint density at radius 3 is 2.33 bits per heavy atom. The Bertz CT molecular complexity index is 607. The van der Waals surface area contributed by atoms with Crippen molar-refractivity contribution in [2.45, 2.75) is 0 Å². The number of fused-ring (bicyclic) bond motifs is 1. The predicted molar refractivity (Wildman–Crippen MR) is 64.7 cm³/mol. The third kappa shape index (κ3) is 1.75. The largest absolute Gasteiger partial charge is 0.454 e. The number of hydrogen-bond donors (Lipinski definition) is 0. The number of nitro groups is 1. The summed E-state index contributed by atoms with van der Waals surface area (Å²) in [5.41, 5.74) is 1.92. The first-order valence-corrected chi connectivity index (χ1v) is 5.38. The molecule has 0 aromatic heterocycles. The van der Waals surface area contributed by atoms with Crippen LogP contribution in [0.15, 0.2) is 42.5 Å². The fourth-order valence-electron chi connectivity index (χ4n) is 1.85. The molecule has 18 heavy (non-hydrogen) atoms. The molecule has 0 bridgehead atoms. The first kappa shape index (κ1) is 10.6. The lowest BCUT2D eigenvalue weighted by Gasteiger charge is -2.03. The van der Waals surface area contributed by atoms with Crippen molar-refractivity contribution < 1.29 is 14.4 Å². The molecule has 0 unspecified atom stereocenters. The maximum Gasteiger partial charge on any atom is 0.269 e. The average molecular weight is 243 g/mol. The molecule has 0 saturated heterocycles. The van der Waals surface area contributed by atoms with Crippen LogP contribution in [0.4, 0.5) is 5.69 Å². The normalized spacial score (nSPS) is 12.4. The van der Waals surface area contributed by atoms with E-state index in [1.165, 1.54) is 12.1 Å². The standard InChI is InChI=1S/C13H9NO4/c15-14(16)11-4-1-9(2-5-11)10-3-6-12-13(7-10)18-8-17-12/h1-7H,8H2. The van der Waals surface area contributed by atoms with Crippen LogP contribution in [0.2, 0.25) is 0 Å². The highest BCUT2D eigenvalue weighted by Crippen LogP contribution is 2.36. The average Bonchev–Trinajstić information content (AvgIpc) is 2.86. The van der Waals surface area contributed by atoms with Gasteiger partial charge in [-0.15, -0.1) is 0 Å². The second kappa shape index (κ2) is 4.03. The summed E-state index contributed by atoms with van der Waals surface area (Å²) in [5, 5.41) is 10.6. The van der Waals surface area contributed by atoms with Gasteiger partial charge in [0, 0.05) is 12.1 Å². The molecule has 90 valence electrons. The van der Waals surface area contributed by atoms with Crippen LogP contribution in [0.25, 0.3) is 11.1 Å². The van der Waals surface area contributed by atoms with E-state index in [2.05, 4.69) is 0 Å². The molecule has 1 heterocycles. The molecule has 1 aliphatic rings. The predicted octanol–water partition coefficient (Wildman–Crippen LogP) is 2.99. The van der Waals surface area contributed by atoms with E-state index in [1.54, 1.807) is 12.1 Å². The zero-order chi connectivity index (χ0) is 12.5. The first-order valence-electron chi connectivity index (χ1n) is 5.38. The van der Waals surface area contributed by atoms with E-state index in [-0.39, 0.29) is 12.5 Å². The summed E-state index contributed by atoms with van der Waals surface area (Å²) < 4.78 is 10.5. The van der Waals surface area contributed by atoms with Crippen LogP contribution in [0.5, 0.6) is 11.5 Å². The van der Waals surface area contributed by atoms with E-state index in [1.807, 2.05) is 18.2 Å². The van der Waals surface area contributed by atoms with Crippen molar-refractivity contribution in [2.75, 3.05) is 6.79 Å². The van der Waals surface area contributed by atoms with E-state index < -0.39 is 4.92 Å². The molecule has 3 rings (SSSR count). The molecule has 0 fully saturated rings. The van der Waals surface area contributed by atoms with Crippen molar-refractivity contribution in [2.24, 2.45) is 0 Å². The molecule has 5 nitrogen and oxygen atoms in total. The van der Waals surface area contributed by atoms with Crippen LogP contribution in [-0.4, -0.2) is 11.7 Å². The molecule has 0 radical (unpaired) electrons. The molecular weight excluding hydrogens is 234 g/mol. The topological polar surface area (TPSA) is 61.6 Å². The summed E-state index contributed by atoms with van der Waals surface area (Å²) in [6, 6.07) is 12.0. The van der Waals surface area contributed by atoms with Crippen molar-refractivity contribution in [3.63, 3.8) is 0 Å². The van der Waals surface area contributed by atoms with E-state index in [0.29, 0.717) is 5.75 Å². The molecule has 5 heteroatoms. The Labute approximate surface area is 103 Å². The number of benzene rings is 2. The van der Waals surface area contributed by atoms with Gasteiger partial charge in [-0.1, -0.05) is 6.07 Å². The van der Waals surface area contributed by atoms with Crippen LogP contribution >= 0.6 is 0 Å². The smallest absolute Gasteiger partial charge is 0.269 e. The number of nitrogens with zero attached hydrogens (tertiary/aromatic N) is 1. The van der Waals surface area contributed by atoms with E-state index in [0.717, 1.165) is 16.9 Å². The van der Waals surface area contributed by atoms with Gasteiger partial charge in [0.1, 0.15) is 0 Å². The minimum Gasteiger partial charge on any atom is -0.454 e. The second-order valence-corrected chi connectivity index (χ2v) is 3.87. The summed E-state index contributed by atoms with van der Waals surface area (Å²) >= 11 is 0. The van der Waals surface area contributed by atoms with Gasteiger partial charge in [-0.2, -0.15) is 0 Å². The van der Waals surface area contributed by atoms with Crippen LogP contribution in [0, 0.1) is 10.1 Å². The summed E-state index contributed by atoms with van der Waals surface area (Å²) in [6.07, 6.45) is 0. The molecule has 0 aliphatic carbocycles. The lowest BCUT2D eigenvalue weighted by molar-refractivity contribution is -0.384. The minimum atomic E-state index is -0.413. The highest BCUT2D eigenvalue weighted by Gasteiger charge is 2.14. The molecule has 2 aromatic carbocycles. The molecular formula is C13H9NO4. The lowest BCUT2D eigenvalue weighted by Crippen LogP contribution is -1.92. The number of hydrogen-bond acceptors (Lipinski definition) is 4. The SMILES string of the molecule is O=[N+]([O-])c1ccc(-c2ccc3c(c2)OCO3)cc1. The highest BCUT2D eigenvalue weighted by molar-refractivity contribution is 5.68. The zero-order valence-corrected chi connectivity index (χ0v) is 9.33. The quantitative estimate of drug-likeness (QED) is 0.600. The maximum absolute atomic E-state index is 10.6. The zero-order valence-electron chi connectivity index (χ0n) is 9.33. The Morgan fingerprint density at radius 1 is 0.944 bits per heavy atom. The molecule has 0 spiro atoms. The van der Waals surface area contributed by atoms with Crippen LogP contribution in [0.3, 0.4) is 0 Å². The molecule has 2 aromatic rings. The molecule has 0 saturated carbocycles. The van der Waals surface area contributed by atoms with Crippen molar-refractivity contribution in [3.8, 4) is 22.6 Å². The molecule has 0 atom stereocenters. The Hall–Kier alpha value is -2.56. The number of ether oxygens (including phenoxy) is 2. The highest BCUT2D eigenvalue weighted by atomic mass is 16.7. The molecule has 1 aliphatic heterocycles. The van der Waals surface area contributed by atoms with E-state index in [9.17, 15) is 10.1 Å². The molecule has 0 amide bonds.